The molecule has 1 saturated heterocycles. The van der Waals surface area contributed by atoms with Crippen molar-refractivity contribution in [3.05, 3.63) is 12.2 Å². The van der Waals surface area contributed by atoms with E-state index in [0.29, 0.717) is 6.42 Å². The van der Waals surface area contributed by atoms with E-state index in [-0.39, 0.29) is 5.04 Å². The summed E-state index contributed by atoms with van der Waals surface area (Å²) < 4.78 is 11.4. The molecule has 0 N–H and O–H groups in total. The normalized spacial score (nSPS) is 36.6. The fraction of sp³-hybridized carbons (Fsp3) is 0.750. The van der Waals surface area contributed by atoms with Crippen LogP contribution in [-0.2, 0) is 18.8 Å². The van der Waals surface area contributed by atoms with Crippen LogP contribution in [0.5, 0.6) is 0 Å². The smallest absolute Gasteiger partial charge is 0.323 e. The number of esters is 2. The Kier molecular flexibility index (Phi) is 3.54. The topological polar surface area (TPSA) is 52.6 Å². The van der Waals surface area contributed by atoms with E-state index >= 15 is 0 Å². The summed E-state index contributed by atoms with van der Waals surface area (Å²) in [6.07, 6.45) is 3.99. The summed E-state index contributed by atoms with van der Waals surface area (Å²) in [6.45, 7) is 14.4. The third-order valence-electron chi connectivity index (χ3n) is 5.84. The van der Waals surface area contributed by atoms with Gasteiger partial charge in [-0.2, -0.15) is 0 Å². The van der Waals surface area contributed by atoms with Crippen molar-refractivity contribution in [1.29, 1.82) is 0 Å². The molecule has 2 aliphatic rings. The lowest BCUT2D eigenvalue weighted by Crippen LogP contribution is -2.55. The highest BCUT2D eigenvalue weighted by Gasteiger charge is 2.67. The minimum Gasteiger partial charge on any atom is -0.409 e. The van der Waals surface area contributed by atoms with Gasteiger partial charge in [0, 0.05) is 0 Å². The number of fused-ring (bicyclic) bond motifs is 1. The van der Waals surface area contributed by atoms with Crippen molar-refractivity contribution >= 4 is 20.3 Å². The summed E-state index contributed by atoms with van der Waals surface area (Å²) in [4.78, 5) is 24.5. The molecule has 118 valence electrons. The molecule has 0 spiro atoms. The van der Waals surface area contributed by atoms with Gasteiger partial charge in [0.15, 0.2) is 8.32 Å². The summed E-state index contributed by atoms with van der Waals surface area (Å²) in [7, 11) is -2.05. The van der Waals surface area contributed by atoms with Crippen LogP contribution in [0.25, 0.3) is 0 Å². The molecule has 3 unspecified atom stereocenters. The van der Waals surface area contributed by atoms with Gasteiger partial charge in [-0.1, -0.05) is 32.9 Å². The van der Waals surface area contributed by atoms with Gasteiger partial charge in [-0.05, 0) is 38.4 Å². The van der Waals surface area contributed by atoms with Gasteiger partial charge in [-0.15, -0.1) is 0 Å². The van der Waals surface area contributed by atoms with E-state index in [2.05, 4.69) is 33.9 Å². The van der Waals surface area contributed by atoms with Gasteiger partial charge in [0.05, 0.1) is 11.5 Å². The van der Waals surface area contributed by atoms with Crippen LogP contribution in [0.4, 0.5) is 0 Å². The zero-order valence-corrected chi connectivity index (χ0v) is 15.1. The SMILES string of the molecule is CC12CC=CC(O[Si](C)(C)C(C)(C)C)C1(C)C(=O)OC2=O. The van der Waals surface area contributed by atoms with Crippen LogP contribution in [0, 0.1) is 10.8 Å². The highest BCUT2D eigenvalue weighted by molar-refractivity contribution is 6.74. The number of hydrogen-bond acceptors (Lipinski definition) is 4. The molecule has 0 aromatic carbocycles. The van der Waals surface area contributed by atoms with Gasteiger partial charge >= 0.3 is 11.9 Å². The zero-order chi connectivity index (χ0) is 16.3. The Morgan fingerprint density at radius 1 is 1.24 bits per heavy atom. The first kappa shape index (κ1) is 16.4. The predicted octanol–water partition coefficient (Wildman–Crippen LogP) is 3.43. The fourth-order valence-electron chi connectivity index (χ4n) is 2.74. The largest absolute Gasteiger partial charge is 0.409 e. The Bertz CT molecular complexity index is 517. The maximum atomic E-state index is 12.4. The molecule has 1 fully saturated rings. The van der Waals surface area contributed by atoms with E-state index in [1.165, 1.54) is 0 Å². The highest BCUT2D eigenvalue weighted by Crippen LogP contribution is 2.56. The second kappa shape index (κ2) is 4.52. The van der Waals surface area contributed by atoms with Crippen molar-refractivity contribution in [2.24, 2.45) is 10.8 Å². The summed E-state index contributed by atoms with van der Waals surface area (Å²) in [6, 6.07) is 0. The molecule has 4 nitrogen and oxygen atoms in total. The van der Waals surface area contributed by atoms with Crippen LogP contribution in [0.1, 0.15) is 41.0 Å². The Hall–Kier alpha value is -0.943. The summed E-state index contributed by atoms with van der Waals surface area (Å²) in [5.41, 5.74) is -1.76. The monoisotopic (exact) mass is 310 g/mol. The molecular formula is C16H26O4Si. The molecule has 3 atom stereocenters. The van der Waals surface area contributed by atoms with E-state index in [1.807, 2.05) is 26.0 Å². The molecule has 5 heteroatoms. The number of carbonyl (C=O) groups excluding carboxylic acids is 2. The predicted molar refractivity (Wildman–Crippen MR) is 83.1 cm³/mol. The number of rotatable bonds is 2. The first-order valence-electron chi connectivity index (χ1n) is 7.47. The van der Waals surface area contributed by atoms with Crippen LogP contribution in [0.2, 0.25) is 18.1 Å². The average molecular weight is 310 g/mol. The van der Waals surface area contributed by atoms with Gasteiger partial charge in [-0.25, -0.2) is 0 Å². The third-order valence-corrected chi connectivity index (χ3v) is 10.3. The van der Waals surface area contributed by atoms with Crippen LogP contribution < -0.4 is 0 Å². The standard InChI is InChI=1S/C16H26O4Si/c1-14(2,3)21(6,7)20-11-9-8-10-15(4)12(17)19-13(18)16(11,15)5/h8-9,11H,10H2,1-7H3. The van der Waals surface area contributed by atoms with E-state index in [1.54, 1.807) is 0 Å². The van der Waals surface area contributed by atoms with Gasteiger partial charge in [0.25, 0.3) is 0 Å². The number of ether oxygens (including phenoxy) is 1. The molecule has 0 bridgehead atoms. The number of allylic oxidation sites excluding steroid dienone is 1. The summed E-state index contributed by atoms with van der Waals surface area (Å²) in [5, 5.41) is 0.0393. The molecule has 1 aliphatic heterocycles. The van der Waals surface area contributed by atoms with Crippen molar-refractivity contribution in [1.82, 2.24) is 0 Å². The molecule has 0 radical (unpaired) electrons. The second-order valence-electron chi connectivity index (χ2n) is 8.14. The van der Waals surface area contributed by atoms with Crippen molar-refractivity contribution in [2.75, 3.05) is 0 Å². The summed E-state index contributed by atoms with van der Waals surface area (Å²) >= 11 is 0. The molecule has 0 aromatic heterocycles. The second-order valence-corrected chi connectivity index (χ2v) is 12.9. The van der Waals surface area contributed by atoms with Crippen LogP contribution >= 0.6 is 0 Å². The number of hydrogen-bond donors (Lipinski definition) is 0. The maximum absolute atomic E-state index is 12.4. The first-order valence-corrected chi connectivity index (χ1v) is 10.4. The van der Waals surface area contributed by atoms with E-state index in [0.717, 1.165) is 0 Å². The van der Waals surface area contributed by atoms with E-state index in [4.69, 9.17) is 9.16 Å². The Balaban J connectivity index is 2.42. The van der Waals surface area contributed by atoms with E-state index < -0.39 is 37.2 Å². The Morgan fingerprint density at radius 2 is 1.81 bits per heavy atom. The number of cyclic esters (lactones) is 2. The average Bonchev–Trinajstić information content (AvgIpc) is 2.49. The molecule has 0 saturated carbocycles. The molecule has 1 heterocycles. The third kappa shape index (κ3) is 2.13. The minimum absolute atomic E-state index is 0.0393. The van der Waals surface area contributed by atoms with Crippen LogP contribution in [0.15, 0.2) is 12.2 Å². The van der Waals surface area contributed by atoms with Crippen LogP contribution in [-0.4, -0.2) is 26.4 Å². The lowest BCUT2D eigenvalue weighted by atomic mass is 9.60. The summed E-state index contributed by atoms with van der Waals surface area (Å²) in [5.74, 6) is -0.883. The van der Waals surface area contributed by atoms with Gasteiger partial charge in [0.1, 0.15) is 5.41 Å². The fourth-order valence-corrected chi connectivity index (χ4v) is 4.04. The van der Waals surface area contributed by atoms with Gasteiger partial charge < -0.3 is 9.16 Å². The Labute approximate surface area is 128 Å². The molecule has 21 heavy (non-hydrogen) atoms. The van der Waals surface area contributed by atoms with Crippen molar-refractivity contribution in [3.63, 3.8) is 0 Å². The highest BCUT2D eigenvalue weighted by atomic mass is 28.4. The minimum atomic E-state index is -2.05. The lowest BCUT2D eigenvalue weighted by molar-refractivity contribution is -0.156. The molecule has 2 rings (SSSR count). The molecular weight excluding hydrogens is 284 g/mol. The first-order chi connectivity index (χ1) is 9.36. The van der Waals surface area contributed by atoms with Gasteiger partial charge in [-0.3, -0.25) is 9.59 Å². The van der Waals surface area contributed by atoms with Crippen molar-refractivity contribution in [2.45, 2.75) is 65.3 Å². The van der Waals surface area contributed by atoms with Crippen molar-refractivity contribution in [3.8, 4) is 0 Å². The lowest BCUT2D eigenvalue weighted by Gasteiger charge is -2.47. The van der Waals surface area contributed by atoms with Crippen molar-refractivity contribution < 1.29 is 18.8 Å². The molecule has 1 aliphatic carbocycles. The maximum Gasteiger partial charge on any atom is 0.323 e. The Morgan fingerprint density at radius 3 is 2.33 bits per heavy atom. The quantitative estimate of drug-likeness (QED) is 0.339. The molecule has 0 amide bonds. The van der Waals surface area contributed by atoms with Gasteiger partial charge in [0.2, 0.25) is 0 Å². The molecule has 0 aromatic rings. The zero-order valence-electron chi connectivity index (χ0n) is 14.1. The number of carbonyl (C=O) groups is 2. The van der Waals surface area contributed by atoms with E-state index in [9.17, 15) is 9.59 Å². The van der Waals surface area contributed by atoms with Crippen LogP contribution in [0.3, 0.4) is 0 Å².